The van der Waals surface area contributed by atoms with Gasteiger partial charge in [0, 0.05) is 31.6 Å². The summed E-state index contributed by atoms with van der Waals surface area (Å²) in [5.74, 6) is 1.37. The third-order valence-corrected chi connectivity index (χ3v) is 8.32. The molecule has 2 saturated heterocycles. The minimum Gasteiger partial charge on any atom is -1.00 e. The van der Waals surface area contributed by atoms with Crippen molar-refractivity contribution in [2.24, 2.45) is 5.92 Å². The molecule has 2 heterocycles. The van der Waals surface area contributed by atoms with Gasteiger partial charge in [-0.2, -0.15) is 5.26 Å². The van der Waals surface area contributed by atoms with E-state index in [1.54, 1.807) is 0 Å². The van der Waals surface area contributed by atoms with Crippen molar-refractivity contribution in [2.75, 3.05) is 19.5 Å². The lowest BCUT2D eigenvalue weighted by Gasteiger charge is -2.48. The molecule has 0 amide bonds. The first kappa shape index (κ1) is 24.3. The van der Waals surface area contributed by atoms with Crippen LogP contribution in [0.5, 0.6) is 0 Å². The van der Waals surface area contributed by atoms with Crippen molar-refractivity contribution in [2.45, 2.75) is 62.4 Å². The van der Waals surface area contributed by atoms with Gasteiger partial charge in [-0.15, -0.1) is 11.6 Å². The van der Waals surface area contributed by atoms with Crippen LogP contribution in [-0.2, 0) is 5.41 Å². The Labute approximate surface area is 203 Å². The second-order valence-electron chi connectivity index (χ2n) is 9.64. The molecule has 4 rings (SSSR count). The molecule has 4 heteroatoms. The van der Waals surface area contributed by atoms with E-state index in [0.29, 0.717) is 5.92 Å². The zero-order chi connectivity index (χ0) is 21.0. The zero-order valence-corrected chi connectivity index (χ0v) is 20.9. The highest BCUT2D eigenvalue weighted by Gasteiger charge is 2.52. The summed E-state index contributed by atoms with van der Waals surface area (Å²) in [4.78, 5) is 0. The molecule has 0 radical (unpaired) electrons. The summed E-state index contributed by atoms with van der Waals surface area (Å²) < 4.78 is 1.24. The summed E-state index contributed by atoms with van der Waals surface area (Å²) in [5, 5.41) is 10.5. The SMILES string of the molecule is C[N+]1(CCCCCl)[C@@H]2CC[C@H]1CC(CC(C#N)(c1ccccc1)c1ccccc1)C2.[Br-]. The maximum Gasteiger partial charge on any atom is 0.107 e. The van der Waals surface area contributed by atoms with Crippen LogP contribution in [0.15, 0.2) is 60.7 Å². The number of rotatable bonds is 8. The Balaban J connectivity index is 0.00000272. The average molecular weight is 502 g/mol. The predicted molar refractivity (Wildman–Crippen MR) is 124 cm³/mol. The Hall–Kier alpha value is -1.34. The Morgan fingerprint density at radius 3 is 1.90 bits per heavy atom. The Morgan fingerprint density at radius 1 is 0.935 bits per heavy atom. The van der Waals surface area contributed by atoms with E-state index in [9.17, 15) is 5.26 Å². The van der Waals surface area contributed by atoms with Crippen LogP contribution in [-0.4, -0.2) is 36.0 Å². The minimum atomic E-state index is -0.564. The van der Waals surface area contributed by atoms with Gasteiger partial charge in [-0.1, -0.05) is 60.7 Å². The maximum absolute atomic E-state index is 10.5. The van der Waals surface area contributed by atoms with Gasteiger partial charge in [-0.25, -0.2) is 0 Å². The molecule has 2 nitrogen and oxygen atoms in total. The van der Waals surface area contributed by atoms with Gasteiger partial charge in [-0.05, 0) is 36.3 Å². The molecular formula is C27H34BrClN2. The van der Waals surface area contributed by atoms with Crippen molar-refractivity contribution < 1.29 is 21.5 Å². The Kier molecular flexibility index (Phi) is 8.25. The largest absolute Gasteiger partial charge is 1.00 e. The fourth-order valence-corrected chi connectivity index (χ4v) is 6.58. The topological polar surface area (TPSA) is 23.8 Å². The molecule has 0 spiro atoms. The third kappa shape index (κ3) is 4.72. The second-order valence-corrected chi connectivity index (χ2v) is 10.0. The molecule has 2 aliphatic heterocycles. The third-order valence-electron chi connectivity index (χ3n) is 8.05. The molecule has 0 N–H and O–H groups in total. The van der Waals surface area contributed by atoms with Gasteiger partial charge in [0.25, 0.3) is 0 Å². The molecule has 31 heavy (non-hydrogen) atoms. The van der Waals surface area contributed by atoms with E-state index in [0.717, 1.165) is 41.9 Å². The summed E-state index contributed by atoms with van der Waals surface area (Å²) in [5.41, 5.74) is 1.71. The highest BCUT2D eigenvalue weighted by atomic mass is 79.9. The summed E-state index contributed by atoms with van der Waals surface area (Å²) >= 11 is 5.94. The monoisotopic (exact) mass is 500 g/mol. The molecule has 2 fully saturated rings. The molecule has 0 aliphatic carbocycles. The first-order valence-corrected chi connectivity index (χ1v) is 12.1. The van der Waals surface area contributed by atoms with Crippen LogP contribution in [0, 0.1) is 17.2 Å². The number of quaternary nitrogens is 1. The van der Waals surface area contributed by atoms with E-state index in [1.807, 2.05) is 12.1 Å². The van der Waals surface area contributed by atoms with Crippen LogP contribution < -0.4 is 17.0 Å². The first-order chi connectivity index (χ1) is 14.6. The molecule has 4 atom stereocenters. The highest BCUT2D eigenvalue weighted by Crippen LogP contribution is 2.48. The van der Waals surface area contributed by atoms with Crippen molar-refractivity contribution in [3.8, 4) is 6.07 Å². The standard InChI is InChI=1S/C27H34ClN2.BrH/c1-30(17-9-8-16-28)25-14-15-26(30)19-22(18-25)20-27(21-29,23-10-4-2-5-11-23)24-12-6-3-7-13-24;/h2-7,10-13,22,25-26H,8-9,14-20H2,1H3;1H/q+1;/p-1/t22?,25-,26+,30?;. The molecule has 2 aliphatic rings. The van der Waals surface area contributed by atoms with Gasteiger partial charge in [0.2, 0.25) is 0 Å². The lowest BCUT2D eigenvalue weighted by atomic mass is 9.67. The van der Waals surface area contributed by atoms with Crippen LogP contribution in [0.2, 0.25) is 0 Å². The molecule has 166 valence electrons. The van der Waals surface area contributed by atoms with E-state index in [2.05, 4.69) is 61.6 Å². The van der Waals surface area contributed by atoms with E-state index in [1.165, 1.54) is 43.1 Å². The molecule has 2 unspecified atom stereocenters. The van der Waals surface area contributed by atoms with E-state index in [4.69, 9.17) is 11.6 Å². The summed E-state index contributed by atoms with van der Waals surface area (Å²) in [7, 11) is 2.48. The number of unbranched alkanes of at least 4 members (excludes halogenated alkanes) is 1. The summed E-state index contributed by atoms with van der Waals surface area (Å²) in [6.45, 7) is 1.26. The molecule has 2 bridgehead atoms. The quantitative estimate of drug-likeness (QED) is 0.309. The van der Waals surface area contributed by atoms with Crippen molar-refractivity contribution in [1.82, 2.24) is 0 Å². The number of nitrogens with zero attached hydrogens (tertiary/aromatic N) is 2. The van der Waals surface area contributed by atoms with Gasteiger partial charge < -0.3 is 21.5 Å². The second kappa shape index (κ2) is 10.5. The van der Waals surface area contributed by atoms with Crippen LogP contribution in [0.3, 0.4) is 0 Å². The van der Waals surface area contributed by atoms with E-state index in [-0.39, 0.29) is 17.0 Å². The van der Waals surface area contributed by atoms with Crippen molar-refractivity contribution in [3.05, 3.63) is 71.8 Å². The molecule has 2 aromatic rings. The number of hydrogen-bond acceptors (Lipinski definition) is 1. The van der Waals surface area contributed by atoms with E-state index >= 15 is 0 Å². The molecule has 0 saturated carbocycles. The molecule has 0 aromatic heterocycles. The number of nitriles is 1. The van der Waals surface area contributed by atoms with Crippen molar-refractivity contribution in [1.29, 1.82) is 5.26 Å². The lowest BCUT2D eigenvalue weighted by molar-refractivity contribution is -0.949. The highest BCUT2D eigenvalue weighted by molar-refractivity contribution is 6.17. The van der Waals surface area contributed by atoms with Crippen LogP contribution in [0.25, 0.3) is 0 Å². The van der Waals surface area contributed by atoms with Gasteiger partial charge in [0.1, 0.15) is 5.41 Å². The molecule has 2 aromatic carbocycles. The van der Waals surface area contributed by atoms with Crippen molar-refractivity contribution in [3.63, 3.8) is 0 Å². The van der Waals surface area contributed by atoms with Crippen molar-refractivity contribution >= 4 is 11.6 Å². The lowest BCUT2D eigenvalue weighted by Crippen LogP contribution is -3.00. The number of hydrogen-bond donors (Lipinski definition) is 0. The number of fused-ring (bicyclic) bond motifs is 2. The summed E-state index contributed by atoms with van der Waals surface area (Å²) in [6.07, 6.45) is 8.45. The van der Waals surface area contributed by atoms with Gasteiger partial charge in [-0.3, -0.25) is 0 Å². The van der Waals surface area contributed by atoms with E-state index < -0.39 is 5.41 Å². The number of halogens is 2. The van der Waals surface area contributed by atoms with Gasteiger partial charge >= 0.3 is 0 Å². The first-order valence-electron chi connectivity index (χ1n) is 11.6. The fourth-order valence-electron chi connectivity index (χ4n) is 6.39. The maximum atomic E-state index is 10.5. The van der Waals surface area contributed by atoms with Gasteiger partial charge in [0.05, 0.1) is 31.7 Å². The number of piperidine rings is 1. The normalized spacial score (nSPS) is 27.3. The smallest absolute Gasteiger partial charge is 0.107 e. The fraction of sp³-hybridized carbons (Fsp3) is 0.519. The van der Waals surface area contributed by atoms with Crippen LogP contribution in [0.1, 0.15) is 56.1 Å². The number of benzene rings is 2. The predicted octanol–water partition coefficient (Wildman–Crippen LogP) is 3.30. The van der Waals surface area contributed by atoms with Crippen LogP contribution >= 0.6 is 11.6 Å². The Bertz CT molecular complexity index is 810. The summed E-state index contributed by atoms with van der Waals surface area (Å²) in [6, 6.07) is 25.2. The van der Waals surface area contributed by atoms with Gasteiger partial charge in [0.15, 0.2) is 0 Å². The van der Waals surface area contributed by atoms with Crippen LogP contribution in [0.4, 0.5) is 0 Å². The number of alkyl halides is 1. The minimum absolute atomic E-state index is 0. The Morgan fingerprint density at radius 2 is 1.45 bits per heavy atom. The zero-order valence-electron chi connectivity index (χ0n) is 18.5. The average Bonchev–Trinajstić information content (AvgIpc) is 2.95. The molecular weight excluding hydrogens is 468 g/mol.